The van der Waals surface area contributed by atoms with Gasteiger partial charge in [-0.3, -0.25) is 10.2 Å². The highest BCUT2D eigenvalue weighted by molar-refractivity contribution is 5.97. The average molecular weight is 408 g/mol. The number of rotatable bonds is 7. The van der Waals surface area contributed by atoms with E-state index in [4.69, 9.17) is 0 Å². The summed E-state index contributed by atoms with van der Waals surface area (Å²) in [4.78, 5) is 4.12. The molecule has 1 aromatic heterocycles. The number of nitrogens with one attached hydrogen (secondary N) is 1. The van der Waals surface area contributed by atoms with Crippen LogP contribution in [-0.2, 0) is 0 Å². The van der Waals surface area contributed by atoms with Crippen molar-refractivity contribution in [3.63, 3.8) is 0 Å². The van der Waals surface area contributed by atoms with Crippen LogP contribution in [0.15, 0.2) is 24.4 Å². The second-order valence-electron chi connectivity index (χ2n) is 6.45. The molecule has 1 aromatic carbocycles. The Hall–Kier alpha value is -2.96. The molecule has 0 bridgehead atoms. The van der Waals surface area contributed by atoms with E-state index in [1.54, 1.807) is 6.92 Å². The SMILES string of the molecule is C/C(=C(/C#N)c1c(C)cc(F)c(C)c1F)c1ccc(N(O)NC(CF)CF)cn1. The molecule has 0 aliphatic carbocycles. The molecule has 2 rings (SSSR count). The molecule has 0 saturated heterocycles. The first-order valence-electron chi connectivity index (χ1n) is 8.65. The summed E-state index contributed by atoms with van der Waals surface area (Å²) in [6, 6.07) is 4.76. The van der Waals surface area contributed by atoms with Crippen molar-refractivity contribution in [2.24, 2.45) is 0 Å². The molecule has 0 fully saturated rings. The Kier molecular flexibility index (Phi) is 7.31. The van der Waals surface area contributed by atoms with E-state index in [-0.39, 0.29) is 28.0 Å². The minimum atomic E-state index is -1.21. The Morgan fingerprint density at radius 1 is 1.28 bits per heavy atom. The van der Waals surface area contributed by atoms with Crippen LogP contribution in [0.2, 0.25) is 0 Å². The van der Waals surface area contributed by atoms with Gasteiger partial charge in [0.25, 0.3) is 0 Å². The van der Waals surface area contributed by atoms with Gasteiger partial charge in [0.1, 0.15) is 36.7 Å². The van der Waals surface area contributed by atoms with E-state index in [1.165, 1.54) is 32.2 Å². The van der Waals surface area contributed by atoms with E-state index in [9.17, 15) is 28.0 Å². The van der Waals surface area contributed by atoms with Crippen LogP contribution in [0.25, 0.3) is 11.1 Å². The standard InChI is InChI=1S/C20H20F4N4O/c1-11-6-17(23)13(3)20(24)19(11)16(9-25)12(2)18-5-4-15(10-26-18)28(29)27-14(7-21)8-22/h4-6,10,14,27,29H,7-8H2,1-3H3/b16-12+. The molecule has 0 unspecified atom stereocenters. The van der Waals surface area contributed by atoms with Crippen molar-refractivity contribution in [1.82, 2.24) is 10.4 Å². The maximum Gasteiger partial charge on any atom is 0.137 e. The molecular weight excluding hydrogens is 388 g/mol. The van der Waals surface area contributed by atoms with Gasteiger partial charge < -0.3 is 0 Å². The van der Waals surface area contributed by atoms with Crippen molar-refractivity contribution in [2.75, 3.05) is 18.5 Å². The number of hydrazine groups is 1. The number of allylic oxidation sites excluding steroid dienone is 2. The van der Waals surface area contributed by atoms with Crippen LogP contribution in [0.1, 0.15) is 29.3 Å². The van der Waals surface area contributed by atoms with Crippen molar-refractivity contribution in [2.45, 2.75) is 26.8 Å². The van der Waals surface area contributed by atoms with E-state index in [1.807, 2.05) is 6.07 Å². The summed E-state index contributed by atoms with van der Waals surface area (Å²) in [5.74, 6) is -1.51. The van der Waals surface area contributed by atoms with Gasteiger partial charge in [0, 0.05) is 11.1 Å². The lowest BCUT2D eigenvalue weighted by Gasteiger charge is -2.21. The third-order valence-electron chi connectivity index (χ3n) is 4.44. The first-order valence-corrected chi connectivity index (χ1v) is 8.65. The highest BCUT2D eigenvalue weighted by atomic mass is 19.1. The molecule has 0 aliphatic rings. The lowest BCUT2D eigenvalue weighted by Crippen LogP contribution is -2.45. The topological polar surface area (TPSA) is 72.2 Å². The minimum absolute atomic E-state index is 0.00254. The van der Waals surface area contributed by atoms with Crippen LogP contribution in [0.3, 0.4) is 0 Å². The zero-order valence-electron chi connectivity index (χ0n) is 16.1. The van der Waals surface area contributed by atoms with Crippen LogP contribution in [0.4, 0.5) is 23.2 Å². The largest absolute Gasteiger partial charge is 0.273 e. The van der Waals surface area contributed by atoms with Gasteiger partial charge in [0.15, 0.2) is 0 Å². The molecule has 1 heterocycles. The summed E-state index contributed by atoms with van der Waals surface area (Å²) in [5.41, 5.74) is 3.05. The quantitative estimate of drug-likeness (QED) is 0.403. The monoisotopic (exact) mass is 408 g/mol. The summed E-state index contributed by atoms with van der Waals surface area (Å²) in [7, 11) is 0. The number of alkyl halides is 2. The second-order valence-corrected chi connectivity index (χ2v) is 6.45. The Morgan fingerprint density at radius 3 is 2.45 bits per heavy atom. The van der Waals surface area contributed by atoms with Crippen molar-refractivity contribution in [3.05, 3.63) is 58.4 Å². The molecule has 0 amide bonds. The van der Waals surface area contributed by atoms with Gasteiger partial charge in [-0.2, -0.15) is 10.4 Å². The second kappa shape index (κ2) is 9.49. The van der Waals surface area contributed by atoms with E-state index in [0.717, 1.165) is 6.07 Å². The number of hydrogen-bond acceptors (Lipinski definition) is 5. The number of pyridine rings is 1. The fourth-order valence-electron chi connectivity index (χ4n) is 2.69. The molecule has 9 heteroatoms. The number of nitrogens with zero attached hydrogens (tertiary/aromatic N) is 3. The predicted octanol–water partition coefficient (Wildman–Crippen LogP) is 4.44. The van der Waals surface area contributed by atoms with Crippen molar-refractivity contribution in [3.8, 4) is 6.07 Å². The van der Waals surface area contributed by atoms with Crippen molar-refractivity contribution in [1.29, 1.82) is 5.26 Å². The van der Waals surface area contributed by atoms with E-state index < -0.39 is 31.0 Å². The molecule has 2 aromatic rings. The fraction of sp³-hybridized carbons (Fsp3) is 0.300. The van der Waals surface area contributed by atoms with Crippen molar-refractivity contribution < 1.29 is 22.8 Å². The molecule has 154 valence electrons. The number of aromatic nitrogens is 1. The van der Waals surface area contributed by atoms with Gasteiger partial charge in [-0.05, 0) is 50.1 Å². The smallest absolute Gasteiger partial charge is 0.137 e. The van der Waals surface area contributed by atoms with Crippen LogP contribution < -0.4 is 10.6 Å². The summed E-state index contributed by atoms with van der Waals surface area (Å²) < 4.78 is 53.5. The maximum absolute atomic E-state index is 14.6. The van der Waals surface area contributed by atoms with Crippen LogP contribution in [0, 0.1) is 36.8 Å². The Labute approximate surface area is 165 Å². The summed E-state index contributed by atoms with van der Waals surface area (Å²) in [6.07, 6.45) is 1.22. The third-order valence-corrected chi connectivity index (χ3v) is 4.44. The number of anilines is 1. The van der Waals surface area contributed by atoms with E-state index >= 15 is 0 Å². The molecule has 2 N–H and O–H groups in total. The van der Waals surface area contributed by atoms with Gasteiger partial charge >= 0.3 is 0 Å². The molecule has 5 nitrogen and oxygen atoms in total. The Balaban J connectivity index is 2.42. The van der Waals surface area contributed by atoms with E-state index in [0.29, 0.717) is 16.4 Å². The lowest BCUT2D eigenvalue weighted by molar-refractivity contribution is 0.169. The van der Waals surface area contributed by atoms with E-state index in [2.05, 4.69) is 10.4 Å². The van der Waals surface area contributed by atoms with Crippen LogP contribution in [-0.4, -0.2) is 29.6 Å². The zero-order valence-corrected chi connectivity index (χ0v) is 16.1. The number of benzene rings is 1. The molecule has 0 aliphatic heterocycles. The van der Waals surface area contributed by atoms with Gasteiger partial charge in [-0.1, -0.05) is 0 Å². The normalized spacial score (nSPS) is 12.0. The Morgan fingerprint density at radius 2 is 1.93 bits per heavy atom. The number of hydrogen-bond donors (Lipinski definition) is 2. The Bertz CT molecular complexity index is 950. The fourth-order valence-corrected chi connectivity index (χ4v) is 2.69. The van der Waals surface area contributed by atoms with Crippen LogP contribution in [0.5, 0.6) is 0 Å². The highest BCUT2D eigenvalue weighted by Gasteiger charge is 2.20. The van der Waals surface area contributed by atoms with Crippen molar-refractivity contribution >= 4 is 16.8 Å². The zero-order chi connectivity index (χ0) is 21.7. The predicted molar refractivity (Wildman–Crippen MR) is 101 cm³/mol. The summed E-state index contributed by atoms with van der Waals surface area (Å²) >= 11 is 0. The number of aryl methyl sites for hydroxylation is 1. The first kappa shape index (κ1) is 22.3. The van der Waals surface area contributed by atoms with Gasteiger partial charge in [0.05, 0.1) is 23.5 Å². The third kappa shape index (κ3) is 4.72. The highest BCUT2D eigenvalue weighted by Crippen LogP contribution is 2.31. The molecule has 0 radical (unpaired) electrons. The molecule has 29 heavy (non-hydrogen) atoms. The number of halogens is 4. The molecule has 0 saturated carbocycles. The lowest BCUT2D eigenvalue weighted by atomic mass is 9.93. The molecule has 0 atom stereocenters. The van der Waals surface area contributed by atoms with Gasteiger partial charge in [-0.15, -0.1) is 0 Å². The van der Waals surface area contributed by atoms with Crippen LogP contribution >= 0.6 is 0 Å². The van der Waals surface area contributed by atoms with Gasteiger partial charge in [0.2, 0.25) is 0 Å². The summed E-state index contributed by atoms with van der Waals surface area (Å²) in [5, 5.41) is 19.9. The minimum Gasteiger partial charge on any atom is -0.273 e. The maximum atomic E-state index is 14.6. The first-order chi connectivity index (χ1) is 13.7. The molecule has 0 spiro atoms. The number of nitriles is 1. The molecular formula is C20H20F4N4O. The average Bonchev–Trinajstić information content (AvgIpc) is 2.72. The van der Waals surface area contributed by atoms with Gasteiger partial charge in [-0.25, -0.2) is 23.0 Å². The summed E-state index contributed by atoms with van der Waals surface area (Å²) in [6.45, 7) is 2.32.